The molecule has 2 saturated heterocycles. The normalized spacial score (nSPS) is 37.3. The fourth-order valence-corrected chi connectivity index (χ4v) is 4.34. The van der Waals surface area contributed by atoms with E-state index in [1.807, 2.05) is 12.1 Å². The van der Waals surface area contributed by atoms with Crippen molar-refractivity contribution in [2.75, 3.05) is 13.7 Å². The zero-order valence-electron chi connectivity index (χ0n) is 12.6. The third-order valence-electron chi connectivity index (χ3n) is 5.49. The molecule has 0 saturated carbocycles. The number of nitrogens with zero attached hydrogens (tertiary/aromatic N) is 1. The van der Waals surface area contributed by atoms with Crippen LogP contribution in [0.4, 0.5) is 0 Å². The maximum Gasteiger partial charge on any atom is 0.0824 e. The van der Waals surface area contributed by atoms with Gasteiger partial charge in [0.05, 0.1) is 6.10 Å². The molecule has 0 spiro atoms. The van der Waals surface area contributed by atoms with E-state index in [-0.39, 0.29) is 11.6 Å². The second-order valence-corrected chi connectivity index (χ2v) is 6.87. The molecule has 0 radical (unpaired) electrons. The van der Waals surface area contributed by atoms with E-state index in [2.05, 4.69) is 37.9 Å². The quantitative estimate of drug-likeness (QED) is 0.832. The zero-order valence-corrected chi connectivity index (χ0v) is 13.4. The first-order valence-electron chi connectivity index (χ1n) is 7.66. The summed E-state index contributed by atoms with van der Waals surface area (Å²) in [5, 5.41) is 0.809. The van der Waals surface area contributed by atoms with Crippen LogP contribution >= 0.6 is 11.6 Å². The minimum atomic E-state index is 0.170. The van der Waals surface area contributed by atoms with E-state index in [0.717, 1.165) is 11.6 Å². The Balaban J connectivity index is 1.95. The SMILES string of the molecule is CCO[C@@H]1[C@H](c2ccc(Cl)cc2)C[C@@H]2CC[C@@]1(C)N2C. The number of likely N-dealkylation sites (N-methyl/N-ethyl adjacent to an activating group) is 1. The van der Waals surface area contributed by atoms with E-state index in [1.54, 1.807) is 0 Å². The number of benzene rings is 1. The first-order chi connectivity index (χ1) is 9.56. The van der Waals surface area contributed by atoms with Gasteiger partial charge in [-0.2, -0.15) is 0 Å². The summed E-state index contributed by atoms with van der Waals surface area (Å²) < 4.78 is 6.21. The molecule has 0 N–H and O–H groups in total. The highest BCUT2D eigenvalue weighted by molar-refractivity contribution is 6.30. The van der Waals surface area contributed by atoms with Gasteiger partial charge in [0.15, 0.2) is 0 Å². The lowest BCUT2D eigenvalue weighted by Gasteiger charge is -2.50. The van der Waals surface area contributed by atoms with E-state index < -0.39 is 0 Å². The molecule has 20 heavy (non-hydrogen) atoms. The van der Waals surface area contributed by atoms with Gasteiger partial charge < -0.3 is 4.74 Å². The highest BCUT2D eigenvalue weighted by Gasteiger charge is 2.54. The predicted molar refractivity (Wildman–Crippen MR) is 83.4 cm³/mol. The van der Waals surface area contributed by atoms with Crippen LogP contribution in [0.2, 0.25) is 5.02 Å². The van der Waals surface area contributed by atoms with Crippen LogP contribution in [0.15, 0.2) is 24.3 Å². The number of fused-ring (bicyclic) bond motifs is 2. The molecular weight excluding hydrogens is 270 g/mol. The lowest BCUT2D eigenvalue weighted by Crippen LogP contribution is -2.58. The van der Waals surface area contributed by atoms with Gasteiger partial charge in [0.25, 0.3) is 0 Å². The van der Waals surface area contributed by atoms with E-state index >= 15 is 0 Å². The number of halogens is 1. The Bertz CT molecular complexity index is 474. The van der Waals surface area contributed by atoms with Crippen molar-refractivity contribution in [2.24, 2.45) is 0 Å². The molecule has 2 aliphatic rings. The first-order valence-corrected chi connectivity index (χ1v) is 8.04. The fourth-order valence-electron chi connectivity index (χ4n) is 4.21. The Morgan fingerprint density at radius 2 is 2.05 bits per heavy atom. The summed E-state index contributed by atoms with van der Waals surface area (Å²) in [7, 11) is 2.27. The van der Waals surface area contributed by atoms with Crippen molar-refractivity contribution in [1.82, 2.24) is 4.90 Å². The molecule has 4 atom stereocenters. The van der Waals surface area contributed by atoms with Crippen molar-refractivity contribution in [3.05, 3.63) is 34.9 Å². The number of hydrogen-bond acceptors (Lipinski definition) is 2. The van der Waals surface area contributed by atoms with Gasteiger partial charge in [-0.25, -0.2) is 0 Å². The van der Waals surface area contributed by atoms with Gasteiger partial charge >= 0.3 is 0 Å². The summed E-state index contributed by atoms with van der Waals surface area (Å²) in [6.45, 7) is 5.25. The molecule has 3 rings (SSSR count). The molecule has 2 nitrogen and oxygen atoms in total. The van der Waals surface area contributed by atoms with Gasteiger partial charge in [-0.15, -0.1) is 0 Å². The summed E-state index contributed by atoms with van der Waals surface area (Å²) in [6.07, 6.45) is 4.00. The average Bonchev–Trinajstić information content (AvgIpc) is 2.63. The van der Waals surface area contributed by atoms with Crippen LogP contribution in [0.1, 0.15) is 44.6 Å². The summed E-state index contributed by atoms with van der Waals surface area (Å²) in [6, 6.07) is 9.04. The van der Waals surface area contributed by atoms with Gasteiger partial charge in [-0.3, -0.25) is 4.90 Å². The van der Waals surface area contributed by atoms with Gasteiger partial charge in [0.2, 0.25) is 0 Å². The number of hydrogen-bond donors (Lipinski definition) is 0. The highest BCUT2D eigenvalue weighted by Crippen LogP contribution is 2.50. The topological polar surface area (TPSA) is 12.5 Å². The third-order valence-corrected chi connectivity index (χ3v) is 5.74. The minimum Gasteiger partial charge on any atom is -0.376 e. The van der Waals surface area contributed by atoms with Crippen molar-refractivity contribution in [2.45, 2.75) is 56.7 Å². The van der Waals surface area contributed by atoms with Crippen molar-refractivity contribution in [3.63, 3.8) is 0 Å². The van der Waals surface area contributed by atoms with E-state index in [1.165, 1.54) is 24.8 Å². The fraction of sp³-hybridized carbons (Fsp3) is 0.647. The Morgan fingerprint density at radius 3 is 2.70 bits per heavy atom. The van der Waals surface area contributed by atoms with Crippen LogP contribution in [0.5, 0.6) is 0 Å². The Hall–Kier alpha value is -0.570. The Morgan fingerprint density at radius 1 is 1.35 bits per heavy atom. The highest BCUT2D eigenvalue weighted by atomic mass is 35.5. The Kier molecular flexibility index (Phi) is 3.83. The van der Waals surface area contributed by atoms with Crippen LogP contribution in [0.25, 0.3) is 0 Å². The molecule has 3 heteroatoms. The van der Waals surface area contributed by atoms with Crippen molar-refractivity contribution >= 4 is 11.6 Å². The van der Waals surface area contributed by atoms with E-state index in [0.29, 0.717) is 12.0 Å². The van der Waals surface area contributed by atoms with Crippen molar-refractivity contribution in [1.29, 1.82) is 0 Å². The molecule has 2 bridgehead atoms. The number of piperidine rings is 1. The predicted octanol–water partition coefficient (Wildman–Crippen LogP) is 4.09. The van der Waals surface area contributed by atoms with Crippen LogP contribution in [-0.4, -0.2) is 36.2 Å². The maximum absolute atomic E-state index is 6.21. The zero-order chi connectivity index (χ0) is 14.3. The van der Waals surface area contributed by atoms with Gasteiger partial charge in [-0.1, -0.05) is 23.7 Å². The van der Waals surface area contributed by atoms with Crippen molar-refractivity contribution in [3.8, 4) is 0 Å². The molecule has 0 unspecified atom stereocenters. The number of ether oxygens (including phenoxy) is 1. The molecule has 0 aromatic heterocycles. The van der Waals surface area contributed by atoms with Crippen molar-refractivity contribution < 1.29 is 4.74 Å². The molecule has 1 aromatic rings. The van der Waals surface area contributed by atoms with Crippen LogP contribution < -0.4 is 0 Å². The summed E-state index contributed by atoms with van der Waals surface area (Å²) in [5.74, 6) is 0.487. The average molecular weight is 294 g/mol. The molecule has 0 amide bonds. The summed E-state index contributed by atoms with van der Waals surface area (Å²) in [5.41, 5.74) is 1.54. The third kappa shape index (κ3) is 2.18. The molecule has 2 heterocycles. The van der Waals surface area contributed by atoms with E-state index in [4.69, 9.17) is 16.3 Å². The lowest BCUT2D eigenvalue weighted by molar-refractivity contribution is -0.0866. The molecule has 0 aliphatic carbocycles. The Labute approximate surface area is 127 Å². The van der Waals surface area contributed by atoms with Gasteiger partial charge in [0, 0.05) is 29.1 Å². The minimum absolute atomic E-state index is 0.170. The standard InChI is InChI=1S/C17H24ClNO/c1-4-20-16-15(12-5-7-13(18)8-6-12)11-14-9-10-17(16,2)19(14)3/h5-8,14-16H,4,9-11H2,1-3H3/t14-,15-,16+,17+/m0/s1. The van der Waals surface area contributed by atoms with Crippen LogP contribution in [-0.2, 0) is 4.74 Å². The second kappa shape index (κ2) is 5.32. The molecule has 2 fully saturated rings. The summed E-state index contributed by atoms with van der Waals surface area (Å²) in [4.78, 5) is 2.56. The molecular formula is C17H24ClNO. The first kappa shape index (κ1) is 14.4. The van der Waals surface area contributed by atoms with Crippen LogP contribution in [0, 0.1) is 0 Å². The second-order valence-electron chi connectivity index (χ2n) is 6.43. The summed E-state index contributed by atoms with van der Waals surface area (Å²) >= 11 is 6.03. The van der Waals surface area contributed by atoms with Gasteiger partial charge in [-0.05, 0) is 57.9 Å². The molecule has 2 aliphatic heterocycles. The van der Waals surface area contributed by atoms with Crippen LogP contribution in [0.3, 0.4) is 0 Å². The van der Waals surface area contributed by atoms with E-state index in [9.17, 15) is 0 Å². The number of rotatable bonds is 3. The smallest absolute Gasteiger partial charge is 0.0824 e. The lowest BCUT2D eigenvalue weighted by atomic mass is 9.76. The maximum atomic E-state index is 6.21. The molecule has 110 valence electrons. The molecule has 1 aromatic carbocycles. The largest absolute Gasteiger partial charge is 0.376 e. The van der Waals surface area contributed by atoms with Gasteiger partial charge in [0.1, 0.15) is 0 Å². The monoisotopic (exact) mass is 293 g/mol.